The van der Waals surface area contributed by atoms with E-state index in [1.165, 1.54) is 12.3 Å². The Morgan fingerprint density at radius 2 is 1.73 bits per heavy atom. The molecule has 5 rings (SSSR count). The Kier molecular flexibility index (Phi) is 5.07. The molecular weight excluding hydrogens is 440 g/mol. The number of halogens is 1. The minimum absolute atomic E-state index is 0.157. The fourth-order valence-electron chi connectivity index (χ4n) is 3.76. The van der Waals surface area contributed by atoms with Crippen LogP contribution in [0.25, 0.3) is 44.3 Å². The van der Waals surface area contributed by atoms with Crippen molar-refractivity contribution in [1.29, 1.82) is 0 Å². The van der Waals surface area contributed by atoms with Crippen molar-refractivity contribution in [2.45, 2.75) is 0 Å². The number of anilines is 1. The molecule has 0 bridgehead atoms. The van der Waals surface area contributed by atoms with Crippen molar-refractivity contribution in [3.63, 3.8) is 0 Å². The Labute approximate surface area is 193 Å². The SMILES string of the molecule is CN(C)c1ccc(-c2cnc3c(cc([N+](=O)[O-])c4nncc43)c(-c3ccccc3Cl)n2)cc1. The molecule has 2 heterocycles. The van der Waals surface area contributed by atoms with Gasteiger partial charge in [-0.15, -0.1) is 5.10 Å². The Morgan fingerprint density at radius 3 is 2.42 bits per heavy atom. The summed E-state index contributed by atoms with van der Waals surface area (Å²) in [6.07, 6.45) is 3.14. The summed E-state index contributed by atoms with van der Waals surface area (Å²) in [6.45, 7) is 0. The average Bonchev–Trinajstić information content (AvgIpc) is 3.21. The van der Waals surface area contributed by atoms with Crippen molar-refractivity contribution in [3.8, 4) is 22.5 Å². The van der Waals surface area contributed by atoms with Crippen LogP contribution in [-0.2, 0) is 0 Å². The zero-order valence-corrected chi connectivity index (χ0v) is 18.5. The van der Waals surface area contributed by atoms with E-state index in [0.29, 0.717) is 38.3 Å². The maximum atomic E-state index is 11.8. The van der Waals surface area contributed by atoms with Crippen LogP contribution in [-0.4, -0.2) is 39.2 Å². The van der Waals surface area contributed by atoms with Gasteiger partial charge in [0.1, 0.15) is 0 Å². The van der Waals surface area contributed by atoms with Gasteiger partial charge in [0.05, 0.1) is 39.6 Å². The molecule has 2 aromatic heterocycles. The van der Waals surface area contributed by atoms with Crippen molar-refractivity contribution in [1.82, 2.24) is 20.2 Å². The fraction of sp³-hybridized carbons (Fsp3) is 0.0833. The molecule has 0 spiro atoms. The van der Waals surface area contributed by atoms with Gasteiger partial charge < -0.3 is 4.90 Å². The maximum absolute atomic E-state index is 11.8. The second-order valence-corrected chi connectivity index (χ2v) is 8.09. The second-order valence-electron chi connectivity index (χ2n) is 7.68. The highest BCUT2D eigenvalue weighted by Crippen LogP contribution is 2.38. The van der Waals surface area contributed by atoms with Gasteiger partial charge >= 0.3 is 0 Å². The number of hydrogen-bond acceptors (Lipinski definition) is 7. The molecule has 33 heavy (non-hydrogen) atoms. The van der Waals surface area contributed by atoms with E-state index in [-0.39, 0.29) is 11.2 Å². The van der Waals surface area contributed by atoms with Crippen LogP contribution in [0.2, 0.25) is 5.02 Å². The van der Waals surface area contributed by atoms with Gasteiger partial charge in [0.2, 0.25) is 0 Å². The van der Waals surface area contributed by atoms with E-state index in [4.69, 9.17) is 16.6 Å². The highest BCUT2D eigenvalue weighted by atomic mass is 35.5. The molecule has 0 N–H and O–H groups in total. The van der Waals surface area contributed by atoms with Gasteiger partial charge in [0.25, 0.3) is 5.69 Å². The first-order valence-electron chi connectivity index (χ1n) is 10.1. The molecule has 162 valence electrons. The third-order valence-corrected chi connectivity index (χ3v) is 5.77. The largest absolute Gasteiger partial charge is 0.378 e. The molecular formula is C24H17ClN6O2. The summed E-state index contributed by atoms with van der Waals surface area (Å²) in [6, 6.07) is 16.6. The quantitative estimate of drug-likeness (QED) is 0.259. The standard InChI is InChI=1S/C24H17ClN6O2/c1-30(2)15-9-7-14(8-10-15)20-13-26-22-17(23(28-20)16-5-3-4-6-19(16)25)11-21(31(32)33)24-18(22)12-27-29-24/h3-13H,1-2H3. The first-order valence-corrected chi connectivity index (χ1v) is 10.4. The Bertz CT molecular complexity index is 1540. The lowest BCUT2D eigenvalue weighted by Gasteiger charge is -2.12. The molecule has 0 saturated heterocycles. The van der Waals surface area contributed by atoms with Crippen LogP contribution in [0.5, 0.6) is 0 Å². The van der Waals surface area contributed by atoms with E-state index in [1.807, 2.05) is 61.5 Å². The Hall–Kier alpha value is -4.17. The number of hydrogen-bond donors (Lipinski definition) is 0. The van der Waals surface area contributed by atoms with Gasteiger partial charge in [-0.05, 0) is 18.2 Å². The summed E-state index contributed by atoms with van der Waals surface area (Å²) < 4.78 is 0. The van der Waals surface area contributed by atoms with Gasteiger partial charge in [-0.3, -0.25) is 15.1 Å². The van der Waals surface area contributed by atoms with E-state index < -0.39 is 4.92 Å². The molecule has 0 unspecified atom stereocenters. The van der Waals surface area contributed by atoms with E-state index >= 15 is 0 Å². The van der Waals surface area contributed by atoms with Crippen LogP contribution < -0.4 is 4.90 Å². The lowest BCUT2D eigenvalue weighted by atomic mass is 10.0. The number of rotatable bonds is 4. The van der Waals surface area contributed by atoms with E-state index in [0.717, 1.165) is 11.3 Å². The zero-order valence-electron chi connectivity index (χ0n) is 17.7. The molecule has 5 aromatic rings. The molecule has 0 saturated carbocycles. The molecule has 0 atom stereocenters. The fourth-order valence-corrected chi connectivity index (χ4v) is 3.99. The monoisotopic (exact) mass is 456 g/mol. The maximum Gasteiger partial charge on any atom is 0.298 e. The van der Waals surface area contributed by atoms with Crippen molar-refractivity contribution in [3.05, 3.63) is 82.1 Å². The summed E-state index contributed by atoms with van der Waals surface area (Å²) in [5, 5.41) is 21.1. The van der Waals surface area contributed by atoms with Crippen LogP contribution in [0, 0.1) is 10.1 Å². The summed E-state index contributed by atoms with van der Waals surface area (Å²) in [7, 11) is 3.94. The predicted molar refractivity (Wildman–Crippen MR) is 129 cm³/mol. The number of nitro groups is 1. The summed E-state index contributed by atoms with van der Waals surface area (Å²) in [5.41, 5.74) is 4.19. The van der Waals surface area contributed by atoms with E-state index in [1.54, 1.807) is 12.3 Å². The first-order chi connectivity index (χ1) is 15.9. The molecule has 0 fully saturated rings. The van der Waals surface area contributed by atoms with Crippen LogP contribution >= 0.6 is 11.6 Å². The Morgan fingerprint density at radius 1 is 0.970 bits per heavy atom. The molecule has 0 aliphatic heterocycles. The van der Waals surface area contributed by atoms with Gasteiger partial charge in [0, 0.05) is 47.4 Å². The minimum atomic E-state index is -0.472. The van der Waals surface area contributed by atoms with Gasteiger partial charge in [-0.2, -0.15) is 5.10 Å². The summed E-state index contributed by atoms with van der Waals surface area (Å²) in [4.78, 5) is 22.9. The van der Waals surface area contributed by atoms with Gasteiger partial charge in [-0.1, -0.05) is 41.9 Å². The van der Waals surface area contributed by atoms with Crippen molar-refractivity contribution >= 4 is 44.8 Å². The van der Waals surface area contributed by atoms with Gasteiger partial charge in [0.15, 0.2) is 5.52 Å². The zero-order chi connectivity index (χ0) is 23.1. The summed E-state index contributed by atoms with van der Waals surface area (Å²) in [5.74, 6) is 0. The van der Waals surface area contributed by atoms with E-state index in [2.05, 4.69) is 15.2 Å². The van der Waals surface area contributed by atoms with Crippen LogP contribution in [0.15, 0.2) is 67.0 Å². The number of nitrogens with zero attached hydrogens (tertiary/aromatic N) is 6. The molecule has 0 aliphatic rings. The third kappa shape index (κ3) is 3.60. The van der Waals surface area contributed by atoms with Crippen molar-refractivity contribution in [2.75, 3.05) is 19.0 Å². The highest BCUT2D eigenvalue weighted by molar-refractivity contribution is 6.33. The first kappa shape index (κ1) is 20.7. The van der Waals surface area contributed by atoms with Crippen molar-refractivity contribution < 1.29 is 4.92 Å². The highest BCUT2D eigenvalue weighted by Gasteiger charge is 2.22. The molecule has 0 radical (unpaired) electrons. The predicted octanol–water partition coefficient (Wildman–Crippen LogP) is 5.53. The topological polar surface area (TPSA) is 97.9 Å². The van der Waals surface area contributed by atoms with Crippen LogP contribution in [0.3, 0.4) is 0 Å². The van der Waals surface area contributed by atoms with Crippen LogP contribution in [0.4, 0.5) is 11.4 Å². The summed E-state index contributed by atoms with van der Waals surface area (Å²) >= 11 is 6.53. The second kappa shape index (κ2) is 8.07. The van der Waals surface area contributed by atoms with E-state index in [9.17, 15) is 10.1 Å². The Balaban J connectivity index is 1.89. The molecule has 3 aromatic carbocycles. The van der Waals surface area contributed by atoms with Gasteiger partial charge in [-0.25, -0.2) is 4.98 Å². The third-order valence-electron chi connectivity index (χ3n) is 5.44. The van der Waals surface area contributed by atoms with Crippen molar-refractivity contribution in [2.24, 2.45) is 0 Å². The smallest absolute Gasteiger partial charge is 0.298 e. The molecule has 0 amide bonds. The van der Waals surface area contributed by atoms with Crippen LogP contribution in [0.1, 0.15) is 0 Å². The number of nitro benzene ring substituents is 1. The lowest BCUT2D eigenvalue weighted by molar-refractivity contribution is -0.383. The number of aromatic nitrogens is 4. The number of fused-ring (bicyclic) bond motifs is 3. The molecule has 9 heteroatoms. The number of benzene rings is 3. The lowest BCUT2D eigenvalue weighted by Crippen LogP contribution is -2.07. The number of non-ortho nitro benzene ring substituents is 1. The minimum Gasteiger partial charge on any atom is -0.378 e. The normalized spacial score (nSPS) is 11.1. The molecule has 0 aliphatic carbocycles. The average molecular weight is 457 g/mol. The molecule has 8 nitrogen and oxygen atoms in total.